The van der Waals surface area contributed by atoms with Crippen LogP contribution in [0.5, 0.6) is 5.75 Å². The second-order valence-electron chi connectivity index (χ2n) is 7.92. The lowest BCUT2D eigenvalue weighted by molar-refractivity contribution is -0.189. The zero-order valence-electron chi connectivity index (χ0n) is 18.0. The van der Waals surface area contributed by atoms with Gasteiger partial charge < -0.3 is 9.64 Å². The number of carbonyl (C=O) groups excluding carboxylic acids is 1. The molecular formula is C22H19F4N3O4S. The van der Waals surface area contributed by atoms with Crippen molar-refractivity contribution in [3.8, 4) is 11.4 Å². The van der Waals surface area contributed by atoms with Gasteiger partial charge in [-0.05, 0) is 49.4 Å². The van der Waals surface area contributed by atoms with Crippen LogP contribution in [0.2, 0.25) is 0 Å². The first-order valence-corrected chi connectivity index (χ1v) is 11.9. The molecule has 3 aromatic rings. The van der Waals surface area contributed by atoms with Gasteiger partial charge in [0.1, 0.15) is 11.6 Å². The predicted molar refractivity (Wildman–Crippen MR) is 113 cm³/mol. The van der Waals surface area contributed by atoms with E-state index in [-0.39, 0.29) is 29.3 Å². The number of aromatic nitrogens is 2. The number of hydrogen-bond acceptors (Lipinski definition) is 5. The van der Waals surface area contributed by atoms with Crippen LogP contribution >= 0.6 is 0 Å². The van der Waals surface area contributed by atoms with E-state index in [0.717, 1.165) is 31.4 Å². The molecule has 1 aromatic heterocycles. The summed E-state index contributed by atoms with van der Waals surface area (Å²) in [6.07, 6.45) is -4.29. The van der Waals surface area contributed by atoms with Gasteiger partial charge in [0.05, 0.1) is 28.4 Å². The smallest absolute Gasteiger partial charge is 0.425 e. The molecule has 1 aliphatic heterocycles. The first-order chi connectivity index (χ1) is 15.8. The molecule has 2 aromatic carbocycles. The molecule has 1 aliphatic rings. The first kappa shape index (κ1) is 23.7. The molecular weight excluding hydrogens is 478 g/mol. The highest BCUT2D eigenvalue weighted by Gasteiger charge is 2.39. The number of hydrogen-bond donors (Lipinski definition) is 0. The van der Waals surface area contributed by atoms with Gasteiger partial charge in [-0.3, -0.25) is 4.79 Å². The highest BCUT2D eigenvalue weighted by molar-refractivity contribution is 7.90. The number of alkyl halides is 3. The van der Waals surface area contributed by atoms with E-state index in [1.54, 1.807) is 18.3 Å². The van der Waals surface area contributed by atoms with Crippen LogP contribution in [0.1, 0.15) is 28.5 Å². The van der Waals surface area contributed by atoms with Gasteiger partial charge in [-0.25, -0.2) is 17.5 Å². The molecule has 0 radical (unpaired) electrons. The van der Waals surface area contributed by atoms with Crippen LogP contribution in [-0.2, 0) is 22.9 Å². The summed E-state index contributed by atoms with van der Waals surface area (Å²) in [5.74, 6) is -1.46. The molecule has 1 unspecified atom stereocenters. The molecule has 1 atom stereocenters. The van der Waals surface area contributed by atoms with Gasteiger partial charge in [0.25, 0.3) is 5.91 Å². The number of fused-ring (bicyclic) bond motifs is 1. The summed E-state index contributed by atoms with van der Waals surface area (Å²) >= 11 is 0. The molecule has 0 saturated heterocycles. The van der Waals surface area contributed by atoms with Crippen LogP contribution in [-0.4, -0.2) is 47.5 Å². The van der Waals surface area contributed by atoms with Gasteiger partial charge in [0, 0.05) is 24.6 Å². The number of rotatable bonds is 5. The molecule has 1 amide bonds. The average Bonchev–Trinajstić information content (AvgIpc) is 3.32. The zero-order valence-corrected chi connectivity index (χ0v) is 18.8. The van der Waals surface area contributed by atoms with Gasteiger partial charge in [-0.2, -0.15) is 18.3 Å². The van der Waals surface area contributed by atoms with Gasteiger partial charge in [-0.15, -0.1) is 0 Å². The second kappa shape index (κ2) is 8.42. The standard InChI is InChI=1S/C22H19F4N3O4S/c1-13(22(24,25)26)33-20-8-7-17(34(2,31)32)9-18(20)21(30)28-10-14-11-29(27-19(14)12-28)16-5-3-15(23)4-6-16/h3-9,11,13H,10,12H2,1-2H3. The van der Waals surface area contributed by atoms with Crippen LogP contribution in [0.4, 0.5) is 17.6 Å². The lowest BCUT2D eigenvalue weighted by Crippen LogP contribution is -2.33. The lowest BCUT2D eigenvalue weighted by Gasteiger charge is -2.22. The van der Waals surface area contributed by atoms with Crippen molar-refractivity contribution < 1.29 is 35.5 Å². The van der Waals surface area contributed by atoms with Crippen molar-refractivity contribution >= 4 is 15.7 Å². The molecule has 4 rings (SSSR count). The molecule has 7 nitrogen and oxygen atoms in total. The van der Waals surface area contributed by atoms with Crippen LogP contribution in [0.25, 0.3) is 5.69 Å². The van der Waals surface area contributed by atoms with Crippen LogP contribution in [0, 0.1) is 5.82 Å². The Morgan fingerprint density at radius 3 is 2.38 bits per heavy atom. The molecule has 0 saturated carbocycles. The topological polar surface area (TPSA) is 81.5 Å². The van der Waals surface area contributed by atoms with E-state index in [2.05, 4.69) is 5.10 Å². The molecule has 0 bridgehead atoms. The summed E-state index contributed by atoms with van der Waals surface area (Å²) in [5, 5.41) is 4.40. The Morgan fingerprint density at radius 2 is 1.79 bits per heavy atom. The number of sulfone groups is 1. The minimum Gasteiger partial charge on any atom is -0.480 e. The minimum absolute atomic E-state index is 0.0553. The largest absolute Gasteiger partial charge is 0.480 e. The van der Waals surface area contributed by atoms with E-state index >= 15 is 0 Å². The lowest BCUT2D eigenvalue weighted by atomic mass is 10.1. The van der Waals surface area contributed by atoms with Crippen molar-refractivity contribution in [1.29, 1.82) is 0 Å². The summed E-state index contributed by atoms with van der Waals surface area (Å²) < 4.78 is 82.7. The fourth-order valence-corrected chi connectivity index (χ4v) is 4.11. The molecule has 0 spiro atoms. The average molecular weight is 497 g/mol. The van der Waals surface area contributed by atoms with Crippen LogP contribution in [0.3, 0.4) is 0 Å². The van der Waals surface area contributed by atoms with Crippen molar-refractivity contribution in [2.24, 2.45) is 0 Å². The van der Waals surface area contributed by atoms with Gasteiger partial charge in [-0.1, -0.05) is 0 Å². The van der Waals surface area contributed by atoms with E-state index in [4.69, 9.17) is 4.74 Å². The van der Waals surface area contributed by atoms with E-state index in [1.807, 2.05) is 0 Å². The van der Waals surface area contributed by atoms with E-state index in [1.165, 1.54) is 21.7 Å². The Hall–Kier alpha value is -3.41. The maximum Gasteiger partial charge on any atom is 0.425 e. The molecule has 0 N–H and O–H groups in total. The number of ether oxygens (including phenoxy) is 1. The second-order valence-corrected chi connectivity index (χ2v) is 9.93. The fourth-order valence-electron chi connectivity index (χ4n) is 3.46. The van der Waals surface area contributed by atoms with Gasteiger partial charge in [0.2, 0.25) is 0 Å². The van der Waals surface area contributed by atoms with Crippen molar-refractivity contribution in [2.45, 2.75) is 37.2 Å². The minimum atomic E-state index is -4.68. The maximum atomic E-state index is 13.2. The Bertz CT molecular complexity index is 1330. The van der Waals surface area contributed by atoms with Gasteiger partial charge >= 0.3 is 6.18 Å². The van der Waals surface area contributed by atoms with Crippen molar-refractivity contribution in [3.05, 3.63) is 71.3 Å². The van der Waals surface area contributed by atoms with E-state index in [9.17, 15) is 30.8 Å². The quantitative estimate of drug-likeness (QED) is 0.500. The summed E-state index contributed by atoms with van der Waals surface area (Å²) in [6, 6.07) is 8.83. The van der Waals surface area contributed by atoms with Crippen molar-refractivity contribution in [1.82, 2.24) is 14.7 Å². The molecule has 2 heterocycles. The number of amides is 1. The Morgan fingerprint density at radius 1 is 1.12 bits per heavy atom. The highest BCUT2D eigenvalue weighted by atomic mass is 32.2. The molecule has 0 fully saturated rings. The summed E-state index contributed by atoms with van der Waals surface area (Å²) in [4.78, 5) is 14.3. The van der Waals surface area contributed by atoms with E-state index < -0.39 is 33.8 Å². The van der Waals surface area contributed by atoms with Crippen LogP contribution < -0.4 is 4.74 Å². The number of carbonyl (C=O) groups is 1. The van der Waals surface area contributed by atoms with Crippen molar-refractivity contribution in [3.63, 3.8) is 0 Å². The van der Waals surface area contributed by atoms with E-state index in [0.29, 0.717) is 16.9 Å². The highest BCUT2D eigenvalue weighted by Crippen LogP contribution is 2.32. The summed E-state index contributed by atoms with van der Waals surface area (Å²) in [5.41, 5.74) is 1.58. The zero-order chi connectivity index (χ0) is 24.8. The normalized spacial score (nSPS) is 14.7. The SMILES string of the molecule is CC(Oc1ccc(S(C)(=O)=O)cc1C(=O)N1Cc2cn(-c3ccc(F)cc3)nc2C1)C(F)(F)F. The maximum absolute atomic E-state index is 13.2. The first-order valence-electron chi connectivity index (χ1n) is 10.0. The third-order valence-electron chi connectivity index (χ3n) is 5.33. The molecule has 180 valence electrons. The summed E-state index contributed by atoms with van der Waals surface area (Å²) in [7, 11) is -3.73. The Kier molecular flexibility index (Phi) is 5.88. The monoisotopic (exact) mass is 497 g/mol. The molecule has 0 aliphatic carbocycles. The number of benzene rings is 2. The van der Waals surface area contributed by atoms with Crippen molar-refractivity contribution in [2.75, 3.05) is 6.26 Å². The molecule has 12 heteroatoms. The third kappa shape index (κ3) is 4.76. The summed E-state index contributed by atoms with van der Waals surface area (Å²) in [6.45, 7) is 0.953. The third-order valence-corrected chi connectivity index (χ3v) is 6.44. The fraction of sp³-hybridized carbons (Fsp3) is 0.273. The predicted octanol–water partition coefficient (Wildman–Crippen LogP) is 3.90. The Labute approximate surface area is 192 Å². The number of nitrogens with zero attached hydrogens (tertiary/aromatic N) is 3. The Balaban J connectivity index is 1.61. The number of halogens is 4. The van der Waals surface area contributed by atoms with Gasteiger partial charge in [0.15, 0.2) is 15.9 Å². The molecule has 34 heavy (non-hydrogen) atoms. The van der Waals surface area contributed by atoms with Crippen LogP contribution in [0.15, 0.2) is 53.6 Å².